The zero-order valence-corrected chi connectivity index (χ0v) is 10.1. The first-order valence-electron chi connectivity index (χ1n) is 4.85. The average molecular weight is 231 g/mol. The zero-order valence-electron chi connectivity index (χ0n) is 8.51. The predicted molar refractivity (Wildman–Crippen MR) is 61.0 cm³/mol. The minimum absolute atomic E-state index is 0.315. The Hall–Kier alpha value is -0.0500. The van der Waals surface area contributed by atoms with E-state index >= 15 is 0 Å². The summed E-state index contributed by atoms with van der Waals surface area (Å²) in [4.78, 5) is 1.19. The van der Waals surface area contributed by atoms with Crippen LogP contribution in [0.5, 0.6) is 0 Å². The molecule has 14 heavy (non-hydrogen) atoms. The van der Waals surface area contributed by atoms with Crippen molar-refractivity contribution in [1.29, 1.82) is 0 Å². The van der Waals surface area contributed by atoms with Gasteiger partial charge in [-0.25, -0.2) is 0 Å². The van der Waals surface area contributed by atoms with E-state index in [4.69, 9.17) is 11.6 Å². The summed E-state index contributed by atoms with van der Waals surface area (Å²) in [6.07, 6.45) is 2.55. The Morgan fingerprint density at radius 2 is 2.07 bits per heavy atom. The van der Waals surface area contributed by atoms with E-state index in [9.17, 15) is 5.11 Å². The highest BCUT2D eigenvalue weighted by Gasteiger charge is 2.47. The summed E-state index contributed by atoms with van der Waals surface area (Å²) in [5.41, 5.74) is -0.159. The van der Waals surface area contributed by atoms with Gasteiger partial charge in [-0.05, 0) is 30.4 Å². The first-order valence-corrected chi connectivity index (χ1v) is 6.05. The van der Waals surface area contributed by atoms with Gasteiger partial charge >= 0.3 is 0 Å². The maximum Gasteiger partial charge on any atom is 0.0931 e. The second-order valence-electron chi connectivity index (χ2n) is 5.12. The van der Waals surface area contributed by atoms with Crippen molar-refractivity contribution in [3.63, 3.8) is 0 Å². The van der Waals surface area contributed by atoms with Gasteiger partial charge in [0.05, 0.1) is 9.94 Å². The summed E-state index contributed by atoms with van der Waals surface area (Å²) >= 11 is 7.41. The molecule has 78 valence electrons. The normalized spacial score (nSPS) is 23.1. The summed E-state index contributed by atoms with van der Waals surface area (Å²) in [5.74, 6) is 0. The van der Waals surface area contributed by atoms with E-state index in [0.29, 0.717) is 5.41 Å². The highest BCUT2D eigenvalue weighted by atomic mass is 35.5. The Morgan fingerprint density at radius 3 is 2.50 bits per heavy atom. The summed E-state index contributed by atoms with van der Waals surface area (Å²) in [6.45, 7) is 4.39. The lowest BCUT2D eigenvalue weighted by molar-refractivity contribution is -0.111. The van der Waals surface area contributed by atoms with E-state index < -0.39 is 5.60 Å². The standard InChI is InChI=1S/C11H15ClOS/c1-10(2)6-11(13,7-10)5-8-3-4-9(12)14-8/h3-4,13H,5-7H2,1-2H3. The summed E-state index contributed by atoms with van der Waals surface area (Å²) in [6, 6.07) is 3.91. The molecule has 1 aromatic rings. The first kappa shape index (κ1) is 10.5. The van der Waals surface area contributed by atoms with Gasteiger partial charge < -0.3 is 5.11 Å². The Bertz CT molecular complexity index is 335. The number of hydrogen-bond donors (Lipinski definition) is 1. The van der Waals surface area contributed by atoms with Crippen LogP contribution in [-0.2, 0) is 6.42 Å². The van der Waals surface area contributed by atoms with Crippen LogP contribution >= 0.6 is 22.9 Å². The third kappa shape index (κ3) is 2.13. The van der Waals surface area contributed by atoms with Crippen molar-refractivity contribution in [1.82, 2.24) is 0 Å². The molecular formula is C11H15ClOS. The van der Waals surface area contributed by atoms with Gasteiger partial charge in [-0.15, -0.1) is 11.3 Å². The van der Waals surface area contributed by atoms with Crippen molar-refractivity contribution in [2.45, 2.75) is 38.7 Å². The van der Waals surface area contributed by atoms with E-state index in [1.807, 2.05) is 12.1 Å². The Kier molecular flexibility index (Phi) is 2.41. The molecule has 3 heteroatoms. The molecule has 0 radical (unpaired) electrons. The Morgan fingerprint density at radius 1 is 1.43 bits per heavy atom. The molecular weight excluding hydrogens is 216 g/mol. The molecule has 0 aromatic carbocycles. The van der Waals surface area contributed by atoms with E-state index in [1.165, 1.54) is 4.88 Å². The van der Waals surface area contributed by atoms with Crippen LogP contribution in [0.3, 0.4) is 0 Å². The van der Waals surface area contributed by atoms with Crippen LogP contribution < -0.4 is 0 Å². The number of aliphatic hydroxyl groups is 1. The highest BCUT2D eigenvalue weighted by molar-refractivity contribution is 7.16. The summed E-state index contributed by atoms with van der Waals surface area (Å²) in [5, 5.41) is 10.2. The molecule has 1 N–H and O–H groups in total. The Balaban J connectivity index is 1.99. The number of rotatable bonds is 2. The molecule has 0 spiro atoms. The molecule has 1 heterocycles. The van der Waals surface area contributed by atoms with Crippen molar-refractivity contribution < 1.29 is 5.11 Å². The summed E-state index contributed by atoms with van der Waals surface area (Å²) < 4.78 is 0.808. The van der Waals surface area contributed by atoms with Gasteiger partial charge in [0, 0.05) is 11.3 Å². The molecule has 0 aliphatic heterocycles. The van der Waals surface area contributed by atoms with Gasteiger partial charge in [-0.3, -0.25) is 0 Å². The second-order valence-corrected chi connectivity index (χ2v) is 6.92. The number of halogens is 1. The third-order valence-electron chi connectivity index (χ3n) is 2.75. The van der Waals surface area contributed by atoms with E-state index in [-0.39, 0.29) is 0 Å². The quantitative estimate of drug-likeness (QED) is 0.825. The minimum Gasteiger partial charge on any atom is -0.389 e. The van der Waals surface area contributed by atoms with Crippen molar-refractivity contribution in [3.05, 3.63) is 21.3 Å². The van der Waals surface area contributed by atoms with Crippen LogP contribution in [-0.4, -0.2) is 10.7 Å². The molecule has 1 aromatic heterocycles. The van der Waals surface area contributed by atoms with Gasteiger partial charge in [0.15, 0.2) is 0 Å². The van der Waals surface area contributed by atoms with E-state index in [1.54, 1.807) is 11.3 Å². The Labute approximate surface area is 93.7 Å². The monoisotopic (exact) mass is 230 g/mol. The minimum atomic E-state index is -0.475. The summed E-state index contributed by atoms with van der Waals surface area (Å²) in [7, 11) is 0. The molecule has 0 bridgehead atoms. The third-order valence-corrected chi connectivity index (χ3v) is 3.98. The van der Waals surface area contributed by atoms with Crippen LogP contribution in [0.25, 0.3) is 0 Å². The molecule has 0 saturated heterocycles. The van der Waals surface area contributed by atoms with Crippen LogP contribution in [0.1, 0.15) is 31.6 Å². The lowest BCUT2D eigenvalue weighted by Crippen LogP contribution is -2.50. The molecule has 1 aliphatic rings. The van der Waals surface area contributed by atoms with Crippen molar-refractivity contribution in [2.75, 3.05) is 0 Å². The SMILES string of the molecule is CC1(C)CC(O)(Cc2ccc(Cl)s2)C1. The van der Waals surface area contributed by atoms with Gasteiger partial charge in [-0.2, -0.15) is 0 Å². The number of thiophene rings is 1. The highest BCUT2D eigenvalue weighted by Crippen LogP contribution is 2.49. The fraction of sp³-hybridized carbons (Fsp3) is 0.636. The largest absolute Gasteiger partial charge is 0.389 e. The topological polar surface area (TPSA) is 20.2 Å². The average Bonchev–Trinajstić information content (AvgIpc) is 2.29. The molecule has 0 unspecified atom stereocenters. The molecule has 0 atom stereocenters. The lowest BCUT2D eigenvalue weighted by Gasteiger charge is -2.49. The molecule has 0 amide bonds. The lowest BCUT2D eigenvalue weighted by atomic mass is 9.60. The van der Waals surface area contributed by atoms with Crippen molar-refractivity contribution in [3.8, 4) is 0 Å². The van der Waals surface area contributed by atoms with Crippen molar-refractivity contribution in [2.24, 2.45) is 5.41 Å². The van der Waals surface area contributed by atoms with Crippen LogP contribution in [0, 0.1) is 5.41 Å². The first-order chi connectivity index (χ1) is 6.39. The van der Waals surface area contributed by atoms with E-state index in [0.717, 1.165) is 23.6 Å². The molecule has 1 nitrogen and oxygen atoms in total. The maximum absolute atomic E-state index is 10.2. The second kappa shape index (κ2) is 3.22. The zero-order chi connectivity index (χ0) is 10.4. The van der Waals surface area contributed by atoms with Crippen LogP contribution in [0.15, 0.2) is 12.1 Å². The molecule has 1 fully saturated rings. The fourth-order valence-electron chi connectivity index (χ4n) is 2.63. The molecule has 1 aliphatic carbocycles. The van der Waals surface area contributed by atoms with Crippen molar-refractivity contribution >= 4 is 22.9 Å². The fourth-order valence-corrected chi connectivity index (χ4v) is 3.85. The predicted octanol–water partition coefficient (Wildman–Crippen LogP) is 3.50. The van der Waals surface area contributed by atoms with Crippen LogP contribution in [0.2, 0.25) is 4.34 Å². The van der Waals surface area contributed by atoms with Gasteiger partial charge in [0.25, 0.3) is 0 Å². The van der Waals surface area contributed by atoms with Gasteiger partial charge in [-0.1, -0.05) is 25.4 Å². The van der Waals surface area contributed by atoms with Gasteiger partial charge in [0.1, 0.15) is 0 Å². The molecule has 2 rings (SSSR count). The molecule has 1 saturated carbocycles. The smallest absolute Gasteiger partial charge is 0.0931 e. The maximum atomic E-state index is 10.2. The van der Waals surface area contributed by atoms with E-state index in [2.05, 4.69) is 13.8 Å². The van der Waals surface area contributed by atoms with Gasteiger partial charge in [0.2, 0.25) is 0 Å². The van der Waals surface area contributed by atoms with Crippen LogP contribution in [0.4, 0.5) is 0 Å². The number of hydrogen-bond acceptors (Lipinski definition) is 2.